The van der Waals surface area contributed by atoms with Crippen LogP contribution in [0.1, 0.15) is 58.4 Å². The third kappa shape index (κ3) is 10.3. The van der Waals surface area contributed by atoms with Crippen LogP contribution < -0.4 is 14.8 Å². The van der Waals surface area contributed by atoms with Crippen molar-refractivity contribution in [2.75, 3.05) is 20.1 Å². The van der Waals surface area contributed by atoms with Crippen LogP contribution in [0, 0.1) is 0 Å². The molecule has 272 valence electrons. The van der Waals surface area contributed by atoms with E-state index >= 15 is 8.78 Å². The van der Waals surface area contributed by atoms with Crippen molar-refractivity contribution in [2.45, 2.75) is 81.4 Å². The maximum atomic E-state index is 16.5. The number of rotatable bonds is 13. The van der Waals surface area contributed by atoms with Gasteiger partial charge in [-0.15, -0.1) is 0 Å². The van der Waals surface area contributed by atoms with E-state index in [0.717, 1.165) is 52.7 Å². The lowest BCUT2D eigenvalue weighted by Gasteiger charge is -2.30. The number of amides is 2. The van der Waals surface area contributed by atoms with Crippen molar-refractivity contribution in [1.82, 2.24) is 14.9 Å². The minimum atomic E-state index is -3.77. The maximum absolute atomic E-state index is 16.5. The number of hydrogen-bond acceptors (Lipinski definition) is 5. The molecule has 8 nitrogen and oxygen atoms in total. The minimum absolute atomic E-state index is 0.0479. The number of nitrogens with one attached hydrogen (secondary N) is 2. The van der Waals surface area contributed by atoms with Crippen LogP contribution in [0.2, 0.25) is 5.02 Å². The summed E-state index contributed by atoms with van der Waals surface area (Å²) in [5.74, 6) is -3.97. The first-order chi connectivity index (χ1) is 24.2. The van der Waals surface area contributed by atoms with E-state index in [1.54, 1.807) is 75.4 Å². The zero-order chi connectivity index (χ0) is 36.8. The van der Waals surface area contributed by atoms with Gasteiger partial charge in [-0.3, -0.25) is 4.79 Å². The number of carbonyl (C=O) groups excluding carboxylic acids is 2. The Morgan fingerprint density at radius 1 is 0.922 bits per heavy atom. The van der Waals surface area contributed by atoms with Gasteiger partial charge in [-0.1, -0.05) is 60.1 Å². The van der Waals surface area contributed by atoms with Gasteiger partial charge < -0.3 is 19.7 Å². The molecule has 12 heteroatoms. The highest BCUT2D eigenvalue weighted by Gasteiger charge is 2.48. The van der Waals surface area contributed by atoms with Crippen LogP contribution >= 0.6 is 11.6 Å². The largest absolute Gasteiger partial charge is 0.490 e. The lowest BCUT2D eigenvalue weighted by Crippen LogP contribution is -2.54. The second kappa shape index (κ2) is 16.5. The summed E-state index contributed by atoms with van der Waals surface area (Å²) < 4.78 is 60.4. The average molecular weight is 740 g/mol. The molecule has 1 saturated carbocycles. The Morgan fingerprint density at radius 3 is 2.18 bits per heavy atom. The van der Waals surface area contributed by atoms with E-state index in [-0.39, 0.29) is 30.5 Å². The highest BCUT2D eigenvalue weighted by Crippen LogP contribution is 2.35. The van der Waals surface area contributed by atoms with Gasteiger partial charge in [-0.05, 0) is 111 Å². The molecule has 1 fully saturated rings. The Labute approximate surface area is 305 Å². The quantitative estimate of drug-likeness (QED) is 0.134. The fourth-order valence-corrected chi connectivity index (χ4v) is 7.04. The first kappa shape index (κ1) is 38.2. The third-order valence-corrected chi connectivity index (χ3v) is 9.98. The van der Waals surface area contributed by atoms with Gasteiger partial charge in [0.15, 0.2) is 6.04 Å². The van der Waals surface area contributed by atoms with Crippen LogP contribution in [0.4, 0.5) is 13.6 Å². The molecule has 4 aromatic rings. The summed E-state index contributed by atoms with van der Waals surface area (Å²) >= 11 is 6.00. The molecule has 0 bridgehead atoms. The van der Waals surface area contributed by atoms with Crippen molar-refractivity contribution in [1.29, 1.82) is 0 Å². The van der Waals surface area contributed by atoms with Crippen LogP contribution in [-0.2, 0) is 26.4 Å². The van der Waals surface area contributed by atoms with Crippen molar-refractivity contribution in [2.24, 2.45) is 0 Å². The first-order valence-electron chi connectivity index (χ1n) is 17.0. The van der Waals surface area contributed by atoms with Crippen LogP contribution in [0.3, 0.4) is 0 Å². The minimum Gasteiger partial charge on any atom is -0.490 e. The number of alkyl halides is 2. The third-order valence-electron chi connectivity index (χ3n) is 8.60. The van der Waals surface area contributed by atoms with Crippen molar-refractivity contribution in [3.8, 4) is 16.9 Å². The van der Waals surface area contributed by atoms with Gasteiger partial charge in [0.1, 0.15) is 22.3 Å². The van der Waals surface area contributed by atoms with Gasteiger partial charge in [0, 0.05) is 30.7 Å². The number of fused-ring (bicyclic) bond motifs is 1. The predicted octanol–water partition coefficient (Wildman–Crippen LogP) is 8.63. The molecule has 0 aromatic heterocycles. The highest BCUT2D eigenvalue weighted by atomic mass is 35.5. The zero-order valence-corrected chi connectivity index (χ0v) is 30.8. The zero-order valence-electron chi connectivity index (χ0n) is 29.2. The number of benzene rings is 4. The monoisotopic (exact) mass is 739 g/mol. The summed E-state index contributed by atoms with van der Waals surface area (Å²) in [6.45, 7) is 5.42. The van der Waals surface area contributed by atoms with Crippen LogP contribution in [0.25, 0.3) is 21.9 Å². The molecule has 51 heavy (non-hydrogen) atoms. The summed E-state index contributed by atoms with van der Waals surface area (Å²) in [7, 11) is -0.793. The van der Waals surface area contributed by atoms with E-state index in [9.17, 15) is 13.8 Å². The smallest absolute Gasteiger partial charge is 0.407 e. The SMILES string of the molecule is CN(CCCNC(=O)OC(C)(C)C)C(=O)C(NS(=O)c1ccc2cc(OC3CCCC3)ccc2c1)C(F)(F)c1ccc(-c2ccc(Cl)cc2)cc1. The molecule has 0 radical (unpaired) electrons. The fourth-order valence-electron chi connectivity index (χ4n) is 5.89. The summed E-state index contributed by atoms with van der Waals surface area (Å²) in [6.07, 6.45) is 4.21. The Kier molecular flexibility index (Phi) is 12.4. The van der Waals surface area contributed by atoms with Gasteiger partial charge in [-0.2, -0.15) is 8.78 Å². The van der Waals surface area contributed by atoms with E-state index < -0.39 is 46.1 Å². The second-order valence-electron chi connectivity index (χ2n) is 13.8. The molecule has 2 atom stereocenters. The number of alkyl carbamates (subject to hydrolysis) is 1. The topological polar surface area (TPSA) is 97.0 Å². The predicted molar refractivity (Wildman–Crippen MR) is 197 cm³/mol. The average Bonchev–Trinajstić information content (AvgIpc) is 3.61. The number of nitrogens with zero attached hydrogens (tertiary/aromatic N) is 1. The Morgan fingerprint density at radius 2 is 1.53 bits per heavy atom. The lowest BCUT2D eigenvalue weighted by molar-refractivity contribution is -0.143. The number of likely N-dealkylation sites (N-methyl/N-ethyl adjacent to an activating group) is 1. The molecule has 0 heterocycles. The van der Waals surface area contributed by atoms with Gasteiger partial charge >= 0.3 is 6.09 Å². The summed E-state index contributed by atoms with van der Waals surface area (Å²) in [6, 6.07) is 21.1. The molecule has 2 amide bonds. The van der Waals surface area contributed by atoms with Crippen molar-refractivity contribution < 1.29 is 32.1 Å². The van der Waals surface area contributed by atoms with E-state index in [1.807, 2.05) is 18.2 Å². The first-order valence-corrected chi connectivity index (χ1v) is 18.6. The maximum Gasteiger partial charge on any atom is 0.407 e. The molecule has 1 aliphatic carbocycles. The molecule has 0 saturated heterocycles. The molecular weight excluding hydrogens is 696 g/mol. The molecule has 4 aromatic carbocycles. The molecular formula is C39H44ClF2N3O5S. The van der Waals surface area contributed by atoms with Crippen LogP contribution in [-0.4, -0.2) is 59.0 Å². The van der Waals surface area contributed by atoms with E-state index in [1.165, 1.54) is 19.2 Å². The van der Waals surface area contributed by atoms with E-state index in [2.05, 4.69) is 10.0 Å². The second-order valence-corrected chi connectivity index (χ2v) is 15.4. The number of hydrogen-bond donors (Lipinski definition) is 2. The summed E-state index contributed by atoms with van der Waals surface area (Å²) in [5.41, 5.74) is 0.375. The van der Waals surface area contributed by atoms with E-state index in [0.29, 0.717) is 10.6 Å². The standard InChI is InChI=1S/C39H44ClF2N3O5S/c1-38(2,3)50-37(47)43-22-7-23-45(4)36(46)35(39(41,42)30-16-10-26(11-17-30)27-12-18-31(40)19-13-27)44-51(48)34-21-15-28-24-33(20-14-29(28)25-34)49-32-8-5-6-9-32/h10-21,24-25,32,35,44H,5-9,22-23H2,1-4H3,(H,43,47). The number of ether oxygens (including phenoxy) is 2. The molecule has 2 unspecified atom stereocenters. The van der Waals surface area contributed by atoms with Gasteiger partial charge in [-0.25, -0.2) is 13.7 Å². The summed E-state index contributed by atoms with van der Waals surface area (Å²) in [5, 5.41) is 4.76. The molecule has 1 aliphatic rings. The van der Waals surface area contributed by atoms with Gasteiger partial charge in [0.05, 0.1) is 11.0 Å². The van der Waals surface area contributed by atoms with Crippen molar-refractivity contribution >= 4 is 45.4 Å². The number of carbonyl (C=O) groups is 2. The Bertz CT molecular complexity index is 1840. The fraction of sp³-hybridized carbons (Fsp3) is 0.385. The summed E-state index contributed by atoms with van der Waals surface area (Å²) in [4.78, 5) is 27.2. The van der Waals surface area contributed by atoms with E-state index in [4.69, 9.17) is 21.1 Å². The molecule has 2 N–H and O–H groups in total. The number of halogens is 3. The molecule has 5 rings (SSSR count). The normalized spacial score (nSPS) is 15.0. The molecule has 0 aliphatic heterocycles. The Balaban J connectivity index is 1.34. The van der Waals surface area contributed by atoms with Gasteiger partial charge in [0.25, 0.3) is 5.92 Å². The van der Waals surface area contributed by atoms with Gasteiger partial charge in [0.2, 0.25) is 5.91 Å². The van der Waals surface area contributed by atoms with Crippen LogP contribution in [0.5, 0.6) is 5.75 Å². The lowest BCUT2D eigenvalue weighted by atomic mass is 9.97. The van der Waals surface area contributed by atoms with Crippen LogP contribution in [0.15, 0.2) is 89.8 Å². The van der Waals surface area contributed by atoms with Crippen molar-refractivity contribution in [3.63, 3.8) is 0 Å². The Hall–Kier alpha value is -4.06. The highest BCUT2D eigenvalue weighted by molar-refractivity contribution is 7.83. The van der Waals surface area contributed by atoms with Crippen molar-refractivity contribution in [3.05, 3.63) is 95.5 Å². The molecule has 0 spiro atoms.